The van der Waals surface area contributed by atoms with Crippen LogP contribution < -0.4 is 14.8 Å². The van der Waals surface area contributed by atoms with Crippen LogP contribution >= 0.6 is 0 Å². The Kier molecular flexibility index (Phi) is 8.43. The third-order valence-corrected chi connectivity index (χ3v) is 4.51. The van der Waals surface area contributed by atoms with Gasteiger partial charge in [-0.25, -0.2) is 4.79 Å². The summed E-state index contributed by atoms with van der Waals surface area (Å²) in [6.45, 7) is 7.66. The van der Waals surface area contributed by atoms with Gasteiger partial charge >= 0.3 is 5.97 Å². The number of carbonyl (C=O) groups excluding carboxylic acids is 3. The minimum atomic E-state index is -0.487. The van der Waals surface area contributed by atoms with Crippen molar-refractivity contribution in [2.75, 3.05) is 26.9 Å². The minimum absolute atomic E-state index is 0.118. The summed E-state index contributed by atoms with van der Waals surface area (Å²) >= 11 is 0. The van der Waals surface area contributed by atoms with Gasteiger partial charge in [-0.2, -0.15) is 0 Å². The van der Waals surface area contributed by atoms with Crippen LogP contribution in [0.3, 0.4) is 0 Å². The highest BCUT2D eigenvalue weighted by molar-refractivity contribution is 6.10. The Balaban J connectivity index is 2.17. The van der Waals surface area contributed by atoms with E-state index in [-0.39, 0.29) is 30.6 Å². The first kappa shape index (κ1) is 23.7. The predicted molar refractivity (Wildman–Crippen MR) is 117 cm³/mol. The van der Waals surface area contributed by atoms with Crippen molar-refractivity contribution in [3.05, 3.63) is 52.4 Å². The molecule has 0 aliphatic heterocycles. The summed E-state index contributed by atoms with van der Waals surface area (Å²) in [6, 6.07) is 5.13. The van der Waals surface area contributed by atoms with Crippen molar-refractivity contribution >= 4 is 23.7 Å². The average Bonchev–Trinajstić information content (AvgIpc) is 3.05. The lowest BCUT2D eigenvalue weighted by Crippen LogP contribution is -2.28. The lowest BCUT2D eigenvalue weighted by Gasteiger charge is -2.11. The molecule has 8 nitrogen and oxygen atoms in total. The fraction of sp³-hybridized carbons (Fsp3) is 0.348. The van der Waals surface area contributed by atoms with E-state index in [0.717, 1.165) is 0 Å². The quantitative estimate of drug-likeness (QED) is 0.342. The second-order valence-electron chi connectivity index (χ2n) is 6.70. The molecule has 0 saturated carbocycles. The van der Waals surface area contributed by atoms with E-state index in [9.17, 15) is 14.4 Å². The zero-order chi connectivity index (χ0) is 23.0. The standard InChI is InChI=1S/C23H28N2O6/c1-6-24-20(27)13-31-18-11-9-16(12-19(18)29-5)8-10-17(26)21-14(3)22(25-15(21)4)23(28)30-7-2/h8-12,25H,6-7,13H2,1-5H3,(H,24,27)/b10-8+. The van der Waals surface area contributed by atoms with Crippen molar-refractivity contribution in [1.82, 2.24) is 10.3 Å². The Morgan fingerprint density at radius 1 is 1.13 bits per heavy atom. The molecule has 1 heterocycles. The second kappa shape index (κ2) is 11.0. The van der Waals surface area contributed by atoms with E-state index in [4.69, 9.17) is 14.2 Å². The van der Waals surface area contributed by atoms with E-state index in [1.54, 1.807) is 45.0 Å². The van der Waals surface area contributed by atoms with Crippen molar-refractivity contribution in [1.29, 1.82) is 0 Å². The highest BCUT2D eigenvalue weighted by Crippen LogP contribution is 2.29. The predicted octanol–water partition coefficient (Wildman–Crippen LogP) is 3.23. The number of hydrogen-bond donors (Lipinski definition) is 2. The molecule has 0 unspecified atom stereocenters. The molecule has 0 aliphatic rings. The Hall–Kier alpha value is -3.55. The number of rotatable bonds is 10. The van der Waals surface area contributed by atoms with Crippen molar-refractivity contribution < 1.29 is 28.6 Å². The number of ether oxygens (including phenoxy) is 3. The molecule has 1 aromatic heterocycles. The summed E-state index contributed by atoms with van der Waals surface area (Å²) < 4.78 is 15.8. The van der Waals surface area contributed by atoms with Crippen molar-refractivity contribution in [3.63, 3.8) is 0 Å². The topological polar surface area (TPSA) is 107 Å². The van der Waals surface area contributed by atoms with E-state index in [0.29, 0.717) is 40.4 Å². The van der Waals surface area contributed by atoms with Gasteiger partial charge in [0.1, 0.15) is 5.69 Å². The fourth-order valence-electron chi connectivity index (χ4n) is 3.08. The number of carbonyl (C=O) groups is 3. The normalized spacial score (nSPS) is 10.7. The maximum absolute atomic E-state index is 12.8. The number of aryl methyl sites for hydroxylation is 1. The molecule has 0 radical (unpaired) electrons. The zero-order valence-electron chi connectivity index (χ0n) is 18.5. The SMILES string of the molecule is CCNC(=O)COc1ccc(/C=C/C(=O)c2c(C)[nH]c(C(=O)OCC)c2C)cc1OC. The number of benzene rings is 1. The smallest absolute Gasteiger partial charge is 0.355 e. The molecule has 2 rings (SSSR count). The molecule has 2 N–H and O–H groups in total. The molecule has 31 heavy (non-hydrogen) atoms. The van der Waals surface area contributed by atoms with Gasteiger partial charge in [0, 0.05) is 17.8 Å². The number of allylic oxidation sites excluding steroid dienone is 1. The molecule has 0 saturated heterocycles. The number of methoxy groups -OCH3 is 1. The molecule has 1 aromatic carbocycles. The van der Waals surface area contributed by atoms with Crippen LogP contribution in [0, 0.1) is 13.8 Å². The minimum Gasteiger partial charge on any atom is -0.493 e. The molecule has 0 bridgehead atoms. The van der Waals surface area contributed by atoms with Crippen LogP contribution in [-0.2, 0) is 9.53 Å². The molecule has 0 spiro atoms. The molecule has 2 aromatic rings. The summed E-state index contributed by atoms with van der Waals surface area (Å²) in [5.41, 5.74) is 2.59. The van der Waals surface area contributed by atoms with Gasteiger partial charge in [0.05, 0.1) is 13.7 Å². The highest BCUT2D eigenvalue weighted by Gasteiger charge is 2.21. The van der Waals surface area contributed by atoms with Crippen molar-refractivity contribution in [3.8, 4) is 11.5 Å². The first-order valence-corrected chi connectivity index (χ1v) is 9.98. The van der Waals surface area contributed by atoms with Gasteiger partial charge < -0.3 is 24.5 Å². The van der Waals surface area contributed by atoms with Crippen LogP contribution in [0.15, 0.2) is 24.3 Å². The first-order chi connectivity index (χ1) is 14.8. The van der Waals surface area contributed by atoms with E-state index >= 15 is 0 Å². The van der Waals surface area contributed by atoms with Crippen LogP contribution in [0.5, 0.6) is 11.5 Å². The molecule has 0 aliphatic carbocycles. The van der Waals surface area contributed by atoms with Gasteiger partial charge in [0.2, 0.25) is 0 Å². The maximum atomic E-state index is 12.8. The molecule has 0 fully saturated rings. The van der Waals surface area contributed by atoms with E-state index in [2.05, 4.69) is 10.3 Å². The number of likely N-dealkylation sites (N-methyl/N-ethyl adjacent to an activating group) is 1. The average molecular weight is 428 g/mol. The number of nitrogens with one attached hydrogen (secondary N) is 2. The van der Waals surface area contributed by atoms with Gasteiger partial charge in [-0.05, 0) is 57.0 Å². The lowest BCUT2D eigenvalue weighted by molar-refractivity contribution is -0.123. The van der Waals surface area contributed by atoms with Gasteiger partial charge in [-0.1, -0.05) is 12.1 Å². The number of aromatic nitrogens is 1. The largest absolute Gasteiger partial charge is 0.493 e. The summed E-state index contributed by atoms with van der Waals surface area (Å²) in [5.74, 6) is -0.0823. The number of esters is 1. The summed E-state index contributed by atoms with van der Waals surface area (Å²) in [7, 11) is 1.50. The number of amides is 1. The maximum Gasteiger partial charge on any atom is 0.355 e. The molecular formula is C23H28N2O6. The van der Waals surface area contributed by atoms with Crippen LogP contribution in [-0.4, -0.2) is 49.5 Å². The number of ketones is 1. The summed E-state index contributed by atoms with van der Waals surface area (Å²) in [5, 5.41) is 2.65. The molecule has 8 heteroatoms. The molecule has 0 atom stereocenters. The third kappa shape index (κ3) is 5.97. The van der Waals surface area contributed by atoms with E-state index < -0.39 is 5.97 Å². The lowest BCUT2D eigenvalue weighted by atomic mass is 10.0. The monoisotopic (exact) mass is 428 g/mol. The van der Waals surface area contributed by atoms with Crippen LogP contribution in [0.2, 0.25) is 0 Å². The molecular weight excluding hydrogens is 400 g/mol. The van der Waals surface area contributed by atoms with Gasteiger partial charge in [0.15, 0.2) is 23.9 Å². The second-order valence-corrected chi connectivity index (χ2v) is 6.70. The van der Waals surface area contributed by atoms with Crippen molar-refractivity contribution in [2.45, 2.75) is 27.7 Å². The van der Waals surface area contributed by atoms with Gasteiger partial charge in [-0.3, -0.25) is 9.59 Å². The number of aromatic amines is 1. The van der Waals surface area contributed by atoms with Gasteiger partial charge in [0.25, 0.3) is 5.91 Å². The van der Waals surface area contributed by atoms with Crippen LogP contribution in [0.25, 0.3) is 6.08 Å². The summed E-state index contributed by atoms with van der Waals surface area (Å²) in [4.78, 5) is 39.3. The van der Waals surface area contributed by atoms with E-state index in [1.165, 1.54) is 13.2 Å². The Labute approximate surface area is 181 Å². The van der Waals surface area contributed by atoms with Crippen molar-refractivity contribution in [2.24, 2.45) is 0 Å². The highest BCUT2D eigenvalue weighted by atomic mass is 16.5. The number of H-pyrrole nitrogens is 1. The first-order valence-electron chi connectivity index (χ1n) is 9.98. The fourth-order valence-corrected chi connectivity index (χ4v) is 3.08. The van der Waals surface area contributed by atoms with Crippen LogP contribution in [0.1, 0.15) is 51.5 Å². The Morgan fingerprint density at radius 3 is 2.52 bits per heavy atom. The zero-order valence-corrected chi connectivity index (χ0v) is 18.5. The molecule has 166 valence electrons. The number of hydrogen-bond acceptors (Lipinski definition) is 6. The Bertz CT molecular complexity index is 990. The van der Waals surface area contributed by atoms with Gasteiger partial charge in [-0.15, -0.1) is 0 Å². The molecule has 1 amide bonds. The van der Waals surface area contributed by atoms with E-state index in [1.807, 2.05) is 6.92 Å². The summed E-state index contributed by atoms with van der Waals surface area (Å²) in [6.07, 6.45) is 3.08. The van der Waals surface area contributed by atoms with Crippen LogP contribution in [0.4, 0.5) is 0 Å². The Morgan fingerprint density at radius 2 is 1.87 bits per heavy atom. The third-order valence-electron chi connectivity index (χ3n) is 4.51.